The Morgan fingerprint density at radius 2 is 2.21 bits per heavy atom. The van der Waals surface area contributed by atoms with Crippen molar-refractivity contribution in [3.63, 3.8) is 0 Å². The summed E-state index contributed by atoms with van der Waals surface area (Å²) in [5, 5.41) is 10.3. The van der Waals surface area contributed by atoms with Crippen molar-refractivity contribution in [1.82, 2.24) is 9.97 Å². The minimum Gasteiger partial charge on any atom is -0.493 e. The Bertz CT molecular complexity index is 589. The molecule has 0 fully saturated rings. The van der Waals surface area contributed by atoms with Crippen LogP contribution in [0.25, 0.3) is 0 Å². The number of aliphatic hydroxyl groups excluding tert-OH is 1. The second-order valence-corrected chi connectivity index (χ2v) is 3.99. The first-order valence-corrected chi connectivity index (χ1v) is 5.71. The van der Waals surface area contributed by atoms with Crippen molar-refractivity contribution >= 4 is 0 Å². The topological polar surface area (TPSA) is 73.7 Å². The number of nitrogens with zero attached hydrogens (tertiary/aromatic N) is 2. The molecule has 2 heterocycles. The molecule has 19 heavy (non-hydrogen) atoms. The molecule has 1 N–H and O–H groups in total. The van der Waals surface area contributed by atoms with E-state index in [4.69, 9.17) is 14.2 Å². The Hall–Kier alpha value is -2.34. The molecule has 0 aliphatic carbocycles. The molecular formula is C13H12N2O4. The fourth-order valence-corrected chi connectivity index (χ4v) is 1.93. The van der Waals surface area contributed by atoms with E-state index < -0.39 is 6.10 Å². The van der Waals surface area contributed by atoms with E-state index in [1.165, 1.54) is 19.5 Å². The lowest BCUT2D eigenvalue weighted by Crippen LogP contribution is -2.03. The van der Waals surface area contributed by atoms with Gasteiger partial charge in [0.25, 0.3) is 0 Å². The second-order valence-electron chi connectivity index (χ2n) is 3.99. The first kappa shape index (κ1) is 11.7. The van der Waals surface area contributed by atoms with Gasteiger partial charge in [-0.05, 0) is 17.7 Å². The predicted molar refractivity (Wildman–Crippen MR) is 65.2 cm³/mol. The van der Waals surface area contributed by atoms with Gasteiger partial charge < -0.3 is 19.3 Å². The number of aliphatic hydroxyl groups is 1. The number of ether oxygens (including phenoxy) is 3. The monoisotopic (exact) mass is 260 g/mol. The average Bonchev–Trinajstić information content (AvgIpc) is 2.94. The lowest BCUT2D eigenvalue weighted by Gasteiger charge is -2.12. The largest absolute Gasteiger partial charge is 0.493 e. The highest BCUT2D eigenvalue weighted by atomic mass is 16.7. The zero-order chi connectivity index (χ0) is 13.2. The zero-order valence-electron chi connectivity index (χ0n) is 10.2. The van der Waals surface area contributed by atoms with Crippen molar-refractivity contribution in [2.75, 3.05) is 13.9 Å². The van der Waals surface area contributed by atoms with Crippen LogP contribution >= 0.6 is 0 Å². The van der Waals surface area contributed by atoms with Gasteiger partial charge in [-0.15, -0.1) is 0 Å². The van der Waals surface area contributed by atoms with Crippen LogP contribution in [0.4, 0.5) is 0 Å². The van der Waals surface area contributed by atoms with Gasteiger partial charge >= 0.3 is 0 Å². The maximum absolute atomic E-state index is 10.3. The summed E-state index contributed by atoms with van der Waals surface area (Å²) in [6.07, 6.45) is 3.71. The van der Waals surface area contributed by atoms with E-state index in [-0.39, 0.29) is 6.79 Å². The Morgan fingerprint density at radius 3 is 2.95 bits per heavy atom. The first-order valence-electron chi connectivity index (χ1n) is 5.71. The van der Waals surface area contributed by atoms with E-state index >= 15 is 0 Å². The van der Waals surface area contributed by atoms with Crippen LogP contribution in [0.5, 0.6) is 17.2 Å². The van der Waals surface area contributed by atoms with Crippen LogP contribution in [0, 0.1) is 0 Å². The zero-order valence-corrected chi connectivity index (χ0v) is 10.2. The van der Waals surface area contributed by atoms with Gasteiger partial charge in [0, 0.05) is 12.4 Å². The summed E-state index contributed by atoms with van der Waals surface area (Å²) < 4.78 is 15.9. The van der Waals surface area contributed by atoms with Gasteiger partial charge in [-0.25, -0.2) is 0 Å². The van der Waals surface area contributed by atoms with Gasteiger partial charge in [-0.3, -0.25) is 9.97 Å². The number of rotatable bonds is 3. The highest BCUT2D eigenvalue weighted by molar-refractivity contribution is 5.56. The van der Waals surface area contributed by atoms with Crippen molar-refractivity contribution in [3.8, 4) is 17.2 Å². The maximum atomic E-state index is 10.3. The van der Waals surface area contributed by atoms with Crippen molar-refractivity contribution in [2.45, 2.75) is 6.10 Å². The van der Waals surface area contributed by atoms with E-state index in [1.54, 1.807) is 18.3 Å². The number of hydrogen-bond donors (Lipinski definition) is 1. The van der Waals surface area contributed by atoms with E-state index in [0.717, 1.165) is 0 Å². The number of benzene rings is 1. The molecule has 3 rings (SSSR count). The molecule has 2 aromatic rings. The van der Waals surface area contributed by atoms with Gasteiger partial charge in [-0.2, -0.15) is 0 Å². The highest BCUT2D eigenvalue weighted by Crippen LogP contribution is 2.43. The third-order valence-electron chi connectivity index (χ3n) is 2.86. The minimum absolute atomic E-state index is 0.149. The summed E-state index contributed by atoms with van der Waals surface area (Å²) in [6.45, 7) is 0.149. The first-order chi connectivity index (χ1) is 9.29. The molecule has 98 valence electrons. The molecule has 1 aromatic heterocycles. The molecule has 1 unspecified atom stereocenters. The van der Waals surface area contributed by atoms with E-state index in [2.05, 4.69) is 9.97 Å². The molecular weight excluding hydrogens is 248 g/mol. The van der Waals surface area contributed by atoms with E-state index in [1.807, 2.05) is 0 Å². The van der Waals surface area contributed by atoms with E-state index in [0.29, 0.717) is 28.5 Å². The molecule has 1 aliphatic rings. The van der Waals surface area contributed by atoms with Crippen molar-refractivity contribution in [1.29, 1.82) is 0 Å². The van der Waals surface area contributed by atoms with Crippen molar-refractivity contribution in [3.05, 3.63) is 42.0 Å². The number of hydrogen-bond acceptors (Lipinski definition) is 6. The number of aromatic nitrogens is 2. The van der Waals surface area contributed by atoms with Gasteiger partial charge in [-0.1, -0.05) is 0 Å². The number of methoxy groups -OCH3 is 1. The molecule has 1 aromatic carbocycles. The van der Waals surface area contributed by atoms with Crippen LogP contribution < -0.4 is 14.2 Å². The standard InChI is InChI=1S/C13H12N2O4/c1-17-10-4-8(5-11-13(10)19-7-18-11)12(16)9-6-14-2-3-15-9/h2-6,12,16H,7H2,1H3. The quantitative estimate of drug-likeness (QED) is 0.896. The molecule has 6 heteroatoms. The highest BCUT2D eigenvalue weighted by Gasteiger charge is 2.23. The van der Waals surface area contributed by atoms with Crippen LogP contribution in [-0.4, -0.2) is 29.0 Å². The Labute approximate surface area is 109 Å². The normalized spacial score (nSPS) is 14.2. The fourth-order valence-electron chi connectivity index (χ4n) is 1.93. The SMILES string of the molecule is COc1cc(C(O)c2cnccn2)cc2c1OCO2. The summed E-state index contributed by atoms with van der Waals surface area (Å²) >= 11 is 0. The summed E-state index contributed by atoms with van der Waals surface area (Å²) in [6, 6.07) is 3.41. The maximum Gasteiger partial charge on any atom is 0.231 e. The van der Waals surface area contributed by atoms with E-state index in [9.17, 15) is 5.11 Å². The summed E-state index contributed by atoms with van der Waals surface area (Å²) in [5.74, 6) is 1.63. The molecule has 0 saturated heterocycles. The predicted octanol–water partition coefficient (Wildman–Crippen LogP) is 1.30. The third-order valence-corrected chi connectivity index (χ3v) is 2.86. The summed E-state index contributed by atoms with van der Waals surface area (Å²) in [4.78, 5) is 8.02. The fraction of sp³-hybridized carbons (Fsp3) is 0.231. The van der Waals surface area contributed by atoms with Gasteiger partial charge in [0.2, 0.25) is 12.5 Å². The summed E-state index contributed by atoms with van der Waals surface area (Å²) in [7, 11) is 1.54. The molecule has 0 radical (unpaired) electrons. The van der Waals surface area contributed by atoms with Gasteiger partial charge in [0.15, 0.2) is 11.5 Å². The van der Waals surface area contributed by atoms with Crippen LogP contribution in [0.3, 0.4) is 0 Å². The molecule has 6 nitrogen and oxygen atoms in total. The van der Waals surface area contributed by atoms with Gasteiger partial charge in [0.1, 0.15) is 6.10 Å². The average molecular weight is 260 g/mol. The Balaban J connectivity index is 2.02. The molecule has 0 saturated carbocycles. The Kier molecular flexibility index (Phi) is 2.92. The van der Waals surface area contributed by atoms with Crippen molar-refractivity contribution < 1.29 is 19.3 Å². The molecule has 1 aliphatic heterocycles. The van der Waals surface area contributed by atoms with Crippen LogP contribution in [-0.2, 0) is 0 Å². The van der Waals surface area contributed by atoms with Crippen molar-refractivity contribution in [2.24, 2.45) is 0 Å². The molecule has 1 atom stereocenters. The number of fused-ring (bicyclic) bond motifs is 1. The molecule has 0 spiro atoms. The summed E-state index contributed by atoms with van der Waals surface area (Å²) in [5.41, 5.74) is 1.07. The lowest BCUT2D eigenvalue weighted by molar-refractivity contribution is 0.171. The van der Waals surface area contributed by atoms with Crippen LogP contribution in [0.2, 0.25) is 0 Å². The smallest absolute Gasteiger partial charge is 0.231 e. The minimum atomic E-state index is -0.892. The van der Waals surface area contributed by atoms with Crippen LogP contribution in [0.1, 0.15) is 17.4 Å². The van der Waals surface area contributed by atoms with Crippen LogP contribution in [0.15, 0.2) is 30.7 Å². The third kappa shape index (κ3) is 2.06. The molecule has 0 amide bonds. The molecule has 0 bridgehead atoms. The van der Waals surface area contributed by atoms with Gasteiger partial charge in [0.05, 0.1) is 19.0 Å². The lowest BCUT2D eigenvalue weighted by atomic mass is 10.1. The second kappa shape index (κ2) is 4.74. The Morgan fingerprint density at radius 1 is 1.32 bits per heavy atom.